The molecule has 3 aliphatic rings. The van der Waals surface area contributed by atoms with Gasteiger partial charge in [0, 0.05) is 50.4 Å². The molecular formula is C18H29N5O. The predicted molar refractivity (Wildman–Crippen MR) is 94.1 cm³/mol. The van der Waals surface area contributed by atoms with Crippen molar-refractivity contribution >= 4 is 11.8 Å². The number of hydrogen-bond donors (Lipinski definition) is 2. The third kappa shape index (κ3) is 2.92. The topological polar surface area (TPSA) is 62.2 Å². The van der Waals surface area contributed by atoms with Gasteiger partial charge in [0.15, 0.2) is 5.82 Å². The lowest BCUT2D eigenvalue weighted by molar-refractivity contribution is 0.0469. The van der Waals surface area contributed by atoms with Gasteiger partial charge in [-0.3, -0.25) is 10.00 Å². The Morgan fingerprint density at radius 2 is 2.00 bits per heavy atom. The molecule has 1 aromatic rings. The number of nitrogens with zero attached hydrogens (tertiary/aromatic N) is 3. The molecular weight excluding hydrogens is 302 g/mol. The molecule has 3 fully saturated rings. The van der Waals surface area contributed by atoms with E-state index in [1.165, 1.54) is 18.5 Å². The molecule has 2 amide bonds. The van der Waals surface area contributed by atoms with Crippen LogP contribution in [0.4, 0.5) is 10.6 Å². The van der Waals surface area contributed by atoms with Gasteiger partial charge in [-0.2, -0.15) is 5.10 Å². The summed E-state index contributed by atoms with van der Waals surface area (Å²) in [5.74, 6) is 2.02. The Kier molecular flexibility index (Phi) is 3.82. The Labute approximate surface area is 144 Å². The fourth-order valence-corrected chi connectivity index (χ4v) is 4.36. The number of amides is 2. The summed E-state index contributed by atoms with van der Waals surface area (Å²) in [5.41, 5.74) is 1.64. The maximum atomic E-state index is 12.5. The van der Waals surface area contributed by atoms with E-state index in [4.69, 9.17) is 0 Å². The van der Waals surface area contributed by atoms with Crippen LogP contribution in [0.3, 0.4) is 0 Å². The van der Waals surface area contributed by atoms with Crippen LogP contribution in [0.15, 0.2) is 6.07 Å². The smallest absolute Gasteiger partial charge is 0.323 e. The lowest BCUT2D eigenvalue weighted by Gasteiger charge is -2.51. The zero-order valence-electron chi connectivity index (χ0n) is 15.0. The van der Waals surface area contributed by atoms with Gasteiger partial charge >= 0.3 is 6.03 Å². The quantitative estimate of drug-likeness (QED) is 0.895. The molecule has 1 atom stereocenters. The standard InChI is InChI=1S/C18H29N5O/c1-18(2)11-19-16(18)13-6-8-23(9-7-13)17(24)20-15-10-14(12-4-5-12)22(3)21-15/h10,12-13,16,19H,4-9,11H2,1-3H3,(H,20,21,24). The molecule has 6 heteroatoms. The Balaban J connectivity index is 1.31. The number of anilines is 1. The third-order valence-electron chi connectivity index (χ3n) is 6.06. The zero-order chi connectivity index (χ0) is 16.9. The van der Waals surface area contributed by atoms with E-state index in [-0.39, 0.29) is 6.03 Å². The highest BCUT2D eigenvalue weighted by molar-refractivity contribution is 5.88. The van der Waals surface area contributed by atoms with E-state index >= 15 is 0 Å². The largest absolute Gasteiger partial charge is 0.324 e. The van der Waals surface area contributed by atoms with Crippen molar-refractivity contribution in [2.24, 2.45) is 18.4 Å². The second-order valence-corrected chi connectivity index (χ2v) is 8.45. The minimum Gasteiger partial charge on any atom is -0.324 e. The Bertz CT molecular complexity index is 625. The first-order valence-corrected chi connectivity index (χ1v) is 9.27. The molecule has 4 rings (SSSR count). The van der Waals surface area contributed by atoms with Crippen LogP contribution in [-0.2, 0) is 7.05 Å². The van der Waals surface area contributed by atoms with Crippen LogP contribution in [-0.4, -0.2) is 46.4 Å². The average Bonchev–Trinajstić information content (AvgIpc) is 3.31. The Morgan fingerprint density at radius 3 is 2.54 bits per heavy atom. The van der Waals surface area contributed by atoms with Crippen molar-refractivity contribution in [3.8, 4) is 0 Å². The lowest BCUT2D eigenvalue weighted by atomic mass is 9.68. The van der Waals surface area contributed by atoms with E-state index in [0.29, 0.717) is 29.1 Å². The number of aryl methyl sites for hydroxylation is 1. The van der Waals surface area contributed by atoms with Gasteiger partial charge < -0.3 is 10.2 Å². The van der Waals surface area contributed by atoms with Gasteiger partial charge in [-0.15, -0.1) is 0 Å². The number of carbonyl (C=O) groups excluding carboxylic acids is 1. The van der Waals surface area contributed by atoms with E-state index in [2.05, 4.69) is 29.6 Å². The van der Waals surface area contributed by atoms with Crippen LogP contribution in [0.5, 0.6) is 0 Å². The maximum Gasteiger partial charge on any atom is 0.323 e. The highest BCUT2D eigenvalue weighted by atomic mass is 16.2. The van der Waals surface area contributed by atoms with E-state index < -0.39 is 0 Å². The first-order chi connectivity index (χ1) is 11.4. The molecule has 24 heavy (non-hydrogen) atoms. The van der Waals surface area contributed by atoms with Gasteiger partial charge in [0.2, 0.25) is 0 Å². The molecule has 6 nitrogen and oxygen atoms in total. The number of aromatic nitrogens is 2. The van der Waals surface area contributed by atoms with E-state index in [1.807, 2.05) is 22.7 Å². The molecule has 1 saturated carbocycles. The number of carbonyl (C=O) groups is 1. The summed E-state index contributed by atoms with van der Waals surface area (Å²) >= 11 is 0. The first kappa shape index (κ1) is 15.9. The van der Waals surface area contributed by atoms with Crippen LogP contribution in [0.1, 0.15) is 51.1 Å². The van der Waals surface area contributed by atoms with Gasteiger partial charge in [-0.05, 0) is 37.0 Å². The van der Waals surface area contributed by atoms with Crippen LogP contribution in [0.2, 0.25) is 0 Å². The number of nitrogens with one attached hydrogen (secondary N) is 2. The van der Waals surface area contributed by atoms with E-state index in [9.17, 15) is 4.79 Å². The third-order valence-corrected chi connectivity index (χ3v) is 6.06. The molecule has 132 valence electrons. The summed E-state index contributed by atoms with van der Waals surface area (Å²) in [6.45, 7) is 7.47. The van der Waals surface area contributed by atoms with Crippen molar-refractivity contribution in [3.05, 3.63) is 11.8 Å². The SMILES string of the molecule is Cn1nc(NC(=O)N2CCC(C3NCC3(C)C)CC2)cc1C1CC1. The minimum atomic E-state index is -0.00488. The summed E-state index contributed by atoms with van der Waals surface area (Å²) in [6, 6.07) is 2.64. The van der Waals surface area contributed by atoms with Gasteiger partial charge in [0.25, 0.3) is 0 Å². The average molecular weight is 331 g/mol. The first-order valence-electron chi connectivity index (χ1n) is 9.27. The molecule has 0 radical (unpaired) electrons. The lowest BCUT2D eigenvalue weighted by Crippen LogP contribution is -2.64. The van der Waals surface area contributed by atoms with Crippen molar-refractivity contribution in [2.75, 3.05) is 25.0 Å². The summed E-state index contributed by atoms with van der Waals surface area (Å²) in [7, 11) is 1.96. The molecule has 0 bridgehead atoms. The molecule has 0 aromatic carbocycles. The van der Waals surface area contributed by atoms with Crippen molar-refractivity contribution in [2.45, 2.75) is 51.5 Å². The van der Waals surface area contributed by atoms with Crippen LogP contribution in [0.25, 0.3) is 0 Å². The van der Waals surface area contributed by atoms with Crippen molar-refractivity contribution in [1.82, 2.24) is 20.0 Å². The second-order valence-electron chi connectivity index (χ2n) is 8.45. The van der Waals surface area contributed by atoms with Crippen molar-refractivity contribution in [3.63, 3.8) is 0 Å². The molecule has 1 aromatic heterocycles. The Hall–Kier alpha value is -1.56. The van der Waals surface area contributed by atoms with Crippen molar-refractivity contribution < 1.29 is 4.79 Å². The van der Waals surface area contributed by atoms with Crippen LogP contribution < -0.4 is 10.6 Å². The van der Waals surface area contributed by atoms with Gasteiger partial charge in [-0.1, -0.05) is 13.8 Å². The maximum absolute atomic E-state index is 12.5. The highest BCUT2D eigenvalue weighted by Crippen LogP contribution is 2.40. The summed E-state index contributed by atoms with van der Waals surface area (Å²) < 4.78 is 1.91. The number of hydrogen-bond acceptors (Lipinski definition) is 3. The fraction of sp³-hybridized carbons (Fsp3) is 0.778. The monoisotopic (exact) mass is 331 g/mol. The molecule has 2 aliphatic heterocycles. The molecule has 1 unspecified atom stereocenters. The van der Waals surface area contributed by atoms with Gasteiger partial charge in [0.1, 0.15) is 0 Å². The second kappa shape index (κ2) is 5.76. The Morgan fingerprint density at radius 1 is 1.29 bits per heavy atom. The number of likely N-dealkylation sites (tertiary alicyclic amines) is 1. The zero-order valence-corrected chi connectivity index (χ0v) is 15.0. The van der Waals surface area contributed by atoms with Crippen molar-refractivity contribution in [1.29, 1.82) is 0 Å². The molecule has 1 aliphatic carbocycles. The fourth-order valence-electron chi connectivity index (χ4n) is 4.36. The number of rotatable bonds is 3. The van der Waals surface area contributed by atoms with Crippen LogP contribution >= 0.6 is 0 Å². The molecule has 2 saturated heterocycles. The van der Waals surface area contributed by atoms with Gasteiger partial charge in [-0.25, -0.2) is 4.79 Å². The summed E-state index contributed by atoms with van der Waals surface area (Å²) in [4.78, 5) is 14.4. The minimum absolute atomic E-state index is 0.00488. The molecule has 2 N–H and O–H groups in total. The normalized spacial score (nSPS) is 27.0. The summed E-state index contributed by atoms with van der Waals surface area (Å²) in [5, 5.41) is 11.0. The van der Waals surface area contributed by atoms with Crippen LogP contribution in [0, 0.1) is 11.3 Å². The predicted octanol–water partition coefficient (Wildman–Crippen LogP) is 2.54. The number of piperidine rings is 1. The van der Waals surface area contributed by atoms with Gasteiger partial charge in [0.05, 0.1) is 0 Å². The van der Waals surface area contributed by atoms with E-state index in [0.717, 1.165) is 32.5 Å². The number of urea groups is 1. The summed E-state index contributed by atoms with van der Waals surface area (Å²) in [6.07, 6.45) is 4.66. The molecule has 0 spiro atoms. The van der Waals surface area contributed by atoms with E-state index in [1.54, 1.807) is 0 Å². The molecule has 3 heterocycles. The highest BCUT2D eigenvalue weighted by Gasteiger charge is 2.43.